The summed E-state index contributed by atoms with van der Waals surface area (Å²) in [5, 5.41) is 9.25. The van der Waals surface area contributed by atoms with E-state index in [1.165, 1.54) is 24.3 Å². The molecule has 0 spiro atoms. The molecular formula is C23H24FN3O7S. The fourth-order valence-corrected chi connectivity index (χ4v) is 4.25. The van der Waals surface area contributed by atoms with E-state index in [-0.39, 0.29) is 36.6 Å². The third-order valence-electron chi connectivity index (χ3n) is 5.29. The first-order valence-electron chi connectivity index (χ1n) is 10.5. The zero-order valence-corrected chi connectivity index (χ0v) is 19.9. The molecule has 0 radical (unpaired) electrons. The average Bonchev–Trinajstić information content (AvgIpc) is 3.03. The number of hydrogen-bond acceptors (Lipinski definition) is 8. The number of carbonyl (C=O) groups excluding carboxylic acids is 1. The lowest BCUT2D eigenvalue weighted by Crippen LogP contribution is -2.12. The van der Waals surface area contributed by atoms with E-state index in [0.717, 1.165) is 6.26 Å². The molecule has 3 rings (SSSR count). The Balaban J connectivity index is 1.96. The van der Waals surface area contributed by atoms with Crippen LogP contribution in [0.5, 0.6) is 0 Å². The van der Waals surface area contributed by atoms with Crippen molar-refractivity contribution in [2.24, 2.45) is 0 Å². The molecule has 0 aliphatic carbocycles. The molecule has 2 aromatic carbocycles. The van der Waals surface area contributed by atoms with E-state index in [2.05, 4.69) is 4.84 Å². The molecule has 2 N–H and O–H groups in total. The second-order valence-electron chi connectivity index (χ2n) is 7.74. The maximum absolute atomic E-state index is 13.6. The van der Waals surface area contributed by atoms with Crippen LogP contribution in [0, 0.1) is 22.9 Å². The molecular weight excluding hydrogens is 481 g/mol. The minimum Gasteiger partial charge on any atom is -0.465 e. The highest BCUT2D eigenvalue weighted by Gasteiger charge is 2.23. The highest BCUT2D eigenvalue weighted by Crippen LogP contribution is 2.37. The van der Waals surface area contributed by atoms with Crippen LogP contribution in [-0.4, -0.2) is 43.5 Å². The minimum atomic E-state index is -3.40. The Labute approximate surface area is 201 Å². The van der Waals surface area contributed by atoms with Crippen molar-refractivity contribution < 1.29 is 32.3 Å². The monoisotopic (exact) mass is 505 g/mol. The number of nitrogen functional groups attached to an aromatic ring is 1. The third-order valence-corrected chi connectivity index (χ3v) is 6.41. The van der Waals surface area contributed by atoms with E-state index in [1.807, 2.05) is 0 Å². The van der Waals surface area contributed by atoms with E-state index in [4.69, 9.17) is 10.5 Å². The molecule has 0 fully saturated rings. The van der Waals surface area contributed by atoms with Crippen LogP contribution < -0.4 is 5.73 Å². The summed E-state index contributed by atoms with van der Waals surface area (Å²) in [7, 11) is -3.40. The molecule has 0 atom stereocenters. The van der Waals surface area contributed by atoms with Crippen LogP contribution in [0.2, 0.25) is 0 Å². The summed E-state index contributed by atoms with van der Waals surface area (Å²) in [6.45, 7) is 1.49. The molecule has 0 saturated heterocycles. The molecule has 0 amide bonds. The van der Waals surface area contributed by atoms with Crippen LogP contribution in [0.3, 0.4) is 0 Å². The largest absolute Gasteiger partial charge is 0.465 e. The maximum Gasteiger partial charge on any atom is 0.310 e. The first-order valence-corrected chi connectivity index (χ1v) is 12.4. The second-order valence-corrected chi connectivity index (χ2v) is 9.76. The molecule has 3 aromatic rings. The van der Waals surface area contributed by atoms with Gasteiger partial charge in [0.2, 0.25) is 0 Å². The topological polar surface area (TPSA) is 144 Å². The van der Waals surface area contributed by atoms with Gasteiger partial charge in [-0.1, -0.05) is 12.1 Å². The van der Waals surface area contributed by atoms with Gasteiger partial charge < -0.3 is 19.9 Å². The summed E-state index contributed by atoms with van der Waals surface area (Å²) in [6.07, 6.45) is 1.08. The summed E-state index contributed by atoms with van der Waals surface area (Å²) in [6, 6.07) is 11.9. The van der Waals surface area contributed by atoms with Gasteiger partial charge >= 0.3 is 5.97 Å². The zero-order chi connectivity index (χ0) is 25.8. The van der Waals surface area contributed by atoms with Crippen molar-refractivity contribution in [1.82, 2.24) is 4.57 Å². The number of benzene rings is 2. The normalized spacial score (nSPS) is 11.3. The molecule has 0 saturated carbocycles. The van der Waals surface area contributed by atoms with Gasteiger partial charge in [0, 0.05) is 35.2 Å². The second kappa shape index (κ2) is 10.6. The average molecular weight is 506 g/mol. The van der Waals surface area contributed by atoms with Gasteiger partial charge in [-0.3, -0.25) is 4.79 Å². The number of halogens is 1. The predicted octanol–water partition coefficient (Wildman–Crippen LogP) is 3.26. The van der Waals surface area contributed by atoms with Gasteiger partial charge in [0.05, 0.1) is 35.9 Å². The van der Waals surface area contributed by atoms with Crippen molar-refractivity contribution in [3.63, 3.8) is 0 Å². The molecule has 0 aliphatic heterocycles. The SMILES string of the molecule is Cc1c(CC(=O)OCCCO[N+](=O)[O-])c(N)c(-c2ccc(S(C)(=O)=O)cc2)n1-c1ccc(F)cc1. The van der Waals surface area contributed by atoms with Crippen molar-refractivity contribution in [3.05, 3.63) is 75.7 Å². The van der Waals surface area contributed by atoms with E-state index < -0.39 is 26.7 Å². The van der Waals surface area contributed by atoms with Crippen molar-refractivity contribution >= 4 is 21.5 Å². The molecule has 1 aromatic heterocycles. The smallest absolute Gasteiger partial charge is 0.310 e. The van der Waals surface area contributed by atoms with Crippen LogP contribution in [0.4, 0.5) is 10.1 Å². The van der Waals surface area contributed by atoms with Crippen molar-refractivity contribution in [1.29, 1.82) is 0 Å². The van der Waals surface area contributed by atoms with Gasteiger partial charge in [-0.15, -0.1) is 10.1 Å². The standard InChI is InChI=1S/C23H24FN3O7S/c1-15-20(14-21(28)33-12-3-13-34-27(29)30)22(25)23(26(15)18-8-6-17(24)7-9-18)16-4-10-19(11-5-16)35(2,31)32/h4-11H,3,12-14,25H2,1-2H3. The Morgan fingerprint density at radius 2 is 1.74 bits per heavy atom. The molecule has 186 valence electrons. The van der Waals surface area contributed by atoms with Gasteiger partial charge in [-0.2, -0.15) is 0 Å². The number of nitrogens with two attached hydrogens (primary N) is 1. The molecule has 0 bridgehead atoms. The van der Waals surface area contributed by atoms with Crippen LogP contribution in [0.25, 0.3) is 16.9 Å². The summed E-state index contributed by atoms with van der Waals surface area (Å²) in [5.41, 5.74) is 9.56. The number of nitrogens with zero attached hydrogens (tertiary/aromatic N) is 2. The number of esters is 1. The Morgan fingerprint density at radius 3 is 2.31 bits per heavy atom. The summed E-state index contributed by atoms with van der Waals surface area (Å²) >= 11 is 0. The van der Waals surface area contributed by atoms with E-state index in [9.17, 15) is 27.7 Å². The first kappa shape index (κ1) is 25.7. The first-order chi connectivity index (χ1) is 16.5. The third kappa shape index (κ3) is 6.15. The lowest BCUT2D eigenvalue weighted by Gasteiger charge is -2.13. The summed E-state index contributed by atoms with van der Waals surface area (Å²) in [4.78, 5) is 26.9. The number of carbonyl (C=O) groups is 1. The highest BCUT2D eigenvalue weighted by atomic mass is 32.2. The Hall–Kier alpha value is -3.93. The number of aromatic nitrogens is 1. The van der Waals surface area contributed by atoms with E-state index in [1.54, 1.807) is 35.8 Å². The number of sulfone groups is 1. The van der Waals surface area contributed by atoms with Crippen LogP contribution in [0.1, 0.15) is 17.7 Å². The number of hydrogen-bond donors (Lipinski definition) is 1. The Morgan fingerprint density at radius 1 is 1.11 bits per heavy atom. The fourth-order valence-electron chi connectivity index (χ4n) is 3.62. The quantitative estimate of drug-likeness (QED) is 0.191. The Kier molecular flexibility index (Phi) is 7.75. The number of anilines is 1. The predicted molar refractivity (Wildman–Crippen MR) is 126 cm³/mol. The Bertz CT molecular complexity index is 1330. The van der Waals surface area contributed by atoms with Gasteiger partial charge in [0.1, 0.15) is 5.82 Å². The summed E-state index contributed by atoms with van der Waals surface area (Å²) < 4.78 is 44.2. The number of ether oxygens (including phenoxy) is 1. The van der Waals surface area contributed by atoms with Crippen molar-refractivity contribution in [3.8, 4) is 16.9 Å². The maximum atomic E-state index is 13.6. The van der Waals surface area contributed by atoms with Gasteiger partial charge in [0.25, 0.3) is 5.09 Å². The molecule has 1 heterocycles. The molecule has 0 aliphatic rings. The zero-order valence-electron chi connectivity index (χ0n) is 19.1. The highest BCUT2D eigenvalue weighted by molar-refractivity contribution is 7.90. The van der Waals surface area contributed by atoms with Crippen molar-refractivity contribution in [2.45, 2.75) is 24.7 Å². The van der Waals surface area contributed by atoms with E-state index >= 15 is 0 Å². The number of rotatable bonds is 10. The molecule has 0 unspecified atom stereocenters. The minimum absolute atomic E-state index is 0.0654. The van der Waals surface area contributed by atoms with Gasteiger partial charge in [0.15, 0.2) is 9.84 Å². The molecule has 12 heteroatoms. The van der Waals surface area contributed by atoms with Crippen LogP contribution >= 0.6 is 0 Å². The lowest BCUT2D eigenvalue weighted by molar-refractivity contribution is -0.757. The molecule has 35 heavy (non-hydrogen) atoms. The van der Waals surface area contributed by atoms with Gasteiger partial charge in [-0.25, -0.2) is 12.8 Å². The fraction of sp³-hybridized carbons (Fsp3) is 0.261. The summed E-state index contributed by atoms with van der Waals surface area (Å²) in [5.74, 6) is -1.01. The van der Waals surface area contributed by atoms with E-state index in [0.29, 0.717) is 28.2 Å². The van der Waals surface area contributed by atoms with Crippen molar-refractivity contribution in [2.75, 3.05) is 25.2 Å². The van der Waals surface area contributed by atoms with Crippen LogP contribution in [-0.2, 0) is 30.6 Å². The van der Waals surface area contributed by atoms with Crippen LogP contribution in [0.15, 0.2) is 53.4 Å². The molecule has 10 nitrogen and oxygen atoms in total. The lowest BCUT2D eigenvalue weighted by atomic mass is 10.1. The van der Waals surface area contributed by atoms with Gasteiger partial charge in [-0.05, 0) is 43.3 Å².